The highest BCUT2D eigenvalue weighted by atomic mass is 16.2. The van der Waals surface area contributed by atoms with Gasteiger partial charge in [0.1, 0.15) is 0 Å². The summed E-state index contributed by atoms with van der Waals surface area (Å²) in [6.45, 7) is 1.69. The van der Waals surface area contributed by atoms with Crippen LogP contribution in [-0.2, 0) is 4.79 Å². The molecule has 0 aromatic heterocycles. The lowest BCUT2D eigenvalue weighted by Gasteiger charge is -2.17. The summed E-state index contributed by atoms with van der Waals surface area (Å²) in [6.07, 6.45) is 3.12. The Labute approximate surface area is 119 Å². The summed E-state index contributed by atoms with van der Waals surface area (Å²) in [7, 11) is 1.93. The first kappa shape index (κ1) is 13.3. The van der Waals surface area contributed by atoms with Gasteiger partial charge in [-0.15, -0.1) is 0 Å². The molecule has 1 amide bonds. The average Bonchev–Trinajstić information content (AvgIpc) is 3.01. The zero-order chi connectivity index (χ0) is 14.1. The Morgan fingerprint density at radius 3 is 2.90 bits per heavy atom. The quantitative estimate of drug-likeness (QED) is 0.913. The van der Waals surface area contributed by atoms with Gasteiger partial charge in [0.2, 0.25) is 5.91 Å². The first-order valence-electron chi connectivity index (χ1n) is 7.33. The van der Waals surface area contributed by atoms with Crippen molar-refractivity contribution in [2.75, 3.05) is 25.0 Å². The number of nitrogens with one attached hydrogen (secondary N) is 1. The predicted molar refractivity (Wildman–Crippen MR) is 78.3 cm³/mol. The Morgan fingerprint density at radius 2 is 2.20 bits per heavy atom. The van der Waals surface area contributed by atoms with Crippen LogP contribution in [0.1, 0.15) is 47.5 Å². The summed E-state index contributed by atoms with van der Waals surface area (Å²) in [4.78, 5) is 25.8. The number of hydrogen-bond donors (Lipinski definition) is 1. The van der Waals surface area contributed by atoms with Crippen LogP contribution in [0.4, 0.5) is 5.69 Å². The van der Waals surface area contributed by atoms with Gasteiger partial charge in [-0.3, -0.25) is 9.59 Å². The van der Waals surface area contributed by atoms with Gasteiger partial charge in [0.15, 0.2) is 5.78 Å². The van der Waals surface area contributed by atoms with Gasteiger partial charge in [0.25, 0.3) is 0 Å². The second-order valence-electron chi connectivity index (χ2n) is 5.64. The molecule has 20 heavy (non-hydrogen) atoms. The molecule has 0 radical (unpaired) electrons. The smallest absolute Gasteiger partial charge is 0.227 e. The molecular weight excluding hydrogens is 252 g/mol. The Bertz CT molecular complexity index is 553. The van der Waals surface area contributed by atoms with E-state index in [1.165, 1.54) is 0 Å². The van der Waals surface area contributed by atoms with Crippen molar-refractivity contribution in [3.63, 3.8) is 0 Å². The molecule has 0 bridgehead atoms. The maximum atomic E-state index is 12.2. The van der Waals surface area contributed by atoms with Crippen molar-refractivity contribution in [3.8, 4) is 0 Å². The number of fused-ring (bicyclic) bond motifs is 1. The molecule has 1 aliphatic carbocycles. The Balaban J connectivity index is 1.87. The first-order valence-corrected chi connectivity index (χ1v) is 7.33. The summed E-state index contributed by atoms with van der Waals surface area (Å²) < 4.78 is 0. The lowest BCUT2D eigenvalue weighted by atomic mass is 9.97. The molecule has 1 unspecified atom stereocenters. The third-order valence-corrected chi connectivity index (χ3v) is 4.34. The normalized spacial score (nSPS) is 21.6. The highest BCUT2D eigenvalue weighted by molar-refractivity contribution is 6.03. The molecule has 1 aromatic rings. The number of ketones is 1. The van der Waals surface area contributed by atoms with Crippen LogP contribution in [0.15, 0.2) is 18.2 Å². The van der Waals surface area contributed by atoms with E-state index in [4.69, 9.17) is 0 Å². The summed E-state index contributed by atoms with van der Waals surface area (Å²) >= 11 is 0. The van der Waals surface area contributed by atoms with E-state index >= 15 is 0 Å². The van der Waals surface area contributed by atoms with E-state index in [0.717, 1.165) is 42.7 Å². The number of nitrogens with zero attached hydrogens (tertiary/aromatic N) is 1. The van der Waals surface area contributed by atoms with Gasteiger partial charge in [-0.2, -0.15) is 0 Å². The van der Waals surface area contributed by atoms with Crippen molar-refractivity contribution in [3.05, 3.63) is 29.3 Å². The monoisotopic (exact) mass is 272 g/mol. The summed E-state index contributed by atoms with van der Waals surface area (Å²) in [6, 6.07) is 5.95. The Morgan fingerprint density at radius 1 is 1.35 bits per heavy atom. The second kappa shape index (κ2) is 5.37. The van der Waals surface area contributed by atoms with Gasteiger partial charge >= 0.3 is 0 Å². The molecule has 2 aliphatic rings. The number of anilines is 1. The van der Waals surface area contributed by atoms with E-state index in [1.54, 1.807) is 4.90 Å². The van der Waals surface area contributed by atoms with E-state index in [1.807, 2.05) is 25.2 Å². The molecule has 1 aromatic carbocycles. The van der Waals surface area contributed by atoms with Crippen molar-refractivity contribution in [1.82, 2.24) is 5.32 Å². The van der Waals surface area contributed by atoms with Crippen LogP contribution < -0.4 is 10.2 Å². The zero-order valence-electron chi connectivity index (χ0n) is 11.8. The third kappa shape index (κ3) is 2.24. The standard InChI is InChI=1S/C16H20N2O2/c1-17-7-6-11-9-15(19)14-10-12(4-5-13(11)14)18-8-2-3-16(18)20/h4-5,10-11,17H,2-3,6-9H2,1H3. The lowest BCUT2D eigenvalue weighted by molar-refractivity contribution is -0.117. The van der Waals surface area contributed by atoms with Crippen molar-refractivity contribution < 1.29 is 9.59 Å². The first-order chi connectivity index (χ1) is 9.70. The molecule has 1 aliphatic heterocycles. The second-order valence-corrected chi connectivity index (χ2v) is 5.64. The van der Waals surface area contributed by atoms with Crippen LogP contribution >= 0.6 is 0 Å². The molecule has 3 rings (SSSR count). The van der Waals surface area contributed by atoms with Gasteiger partial charge in [0.05, 0.1) is 0 Å². The lowest BCUT2D eigenvalue weighted by Crippen LogP contribution is -2.23. The fourth-order valence-corrected chi connectivity index (χ4v) is 3.25. The van der Waals surface area contributed by atoms with Crippen LogP contribution in [0.25, 0.3) is 0 Å². The predicted octanol–water partition coefficient (Wildman–Crippen LogP) is 2.09. The molecule has 1 saturated heterocycles. The van der Waals surface area contributed by atoms with E-state index < -0.39 is 0 Å². The van der Waals surface area contributed by atoms with Crippen LogP contribution in [-0.4, -0.2) is 31.8 Å². The molecule has 0 saturated carbocycles. The fourth-order valence-electron chi connectivity index (χ4n) is 3.25. The Hall–Kier alpha value is -1.68. The van der Waals surface area contributed by atoms with E-state index in [-0.39, 0.29) is 11.7 Å². The van der Waals surface area contributed by atoms with Crippen molar-refractivity contribution in [2.45, 2.75) is 31.6 Å². The molecule has 1 N–H and O–H groups in total. The molecular formula is C16H20N2O2. The fraction of sp³-hybridized carbons (Fsp3) is 0.500. The largest absolute Gasteiger partial charge is 0.320 e. The summed E-state index contributed by atoms with van der Waals surface area (Å²) in [5.74, 6) is 0.713. The van der Waals surface area contributed by atoms with E-state index in [9.17, 15) is 9.59 Å². The number of carbonyl (C=O) groups is 2. The molecule has 4 heteroatoms. The summed E-state index contributed by atoms with van der Waals surface area (Å²) in [5.41, 5.74) is 2.86. The van der Waals surface area contributed by atoms with E-state index in [2.05, 4.69) is 5.32 Å². The summed E-state index contributed by atoms with van der Waals surface area (Å²) in [5, 5.41) is 3.14. The van der Waals surface area contributed by atoms with Crippen molar-refractivity contribution >= 4 is 17.4 Å². The van der Waals surface area contributed by atoms with Crippen molar-refractivity contribution in [2.24, 2.45) is 0 Å². The third-order valence-electron chi connectivity index (χ3n) is 4.34. The number of benzene rings is 1. The van der Waals surface area contributed by atoms with Gasteiger partial charge < -0.3 is 10.2 Å². The SMILES string of the molecule is CNCCC1CC(=O)c2cc(N3CCCC3=O)ccc21. The molecule has 0 spiro atoms. The minimum absolute atomic E-state index is 0.169. The zero-order valence-corrected chi connectivity index (χ0v) is 11.8. The molecule has 1 fully saturated rings. The van der Waals surface area contributed by atoms with E-state index in [0.29, 0.717) is 18.8 Å². The highest BCUT2D eigenvalue weighted by Gasteiger charge is 2.30. The topological polar surface area (TPSA) is 49.4 Å². The molecule has 106 valence electrons. The minimum Gasteiger partial charge on any atom is -0.320 e. The van der Waals surface area contributed by atoms with Crippen LogP contribution in [0.5, 0.6) is 0 Å². The Kier molecular flexibility index (Phi) is 3.57. The number of hydrogen-bond acceptors (Lipinski definition) is 3. The number of amides is 1. The van der Waals surface area contributed by atoms with Crippen LogP contribution in [0.2, 0.25) is 0 Å². The molecule has 1 heterocycles. The number of Topliss-reactive ketones (excluding diaryl/α,β-unsaturated/α-hetero) is 1. The number of rotatable bonds is 4. The van der Waals surface area contributed by atoms with Gasteiger partial charge in [0, 0.05) is 30.6 Å². The maximum absolute atomic E-state index is 12.2. The molecule has 4 nitrogen and oxygen atoms in total. The van der Waals surface area contributed by atoms with Gasteiger partial charge in [-0.25, -0.2) is 0 Å². The van der Waals surface area contributed by atoms with Crippen LogP contribution in [0.3, 0.4) is 0 Å². The number of carbonyl (C=O) groups excluding carboxylic acids is 2. The minimum atomic E-state index is 0.169. The molecule has 1 atom stereocenters. The van der Waals surface area contributed by atoms with Gasteiger partial charge in [-0.1, -0.05) is 6.07 Å². The van der Waals surface area contributed by atoms with Gasteiger partial charge in [-0.05, 0) is 50.0 Å². The van der Waals surface area contributed by atoms with Crippen molar-refractivity contribution in [1.29, 1.82) is 0 Å². The van der Waals surface area contributed by atoms with Crippen LogP contribution in [0, 0.1) is 0 Å². The average molecular weight is 272 g/mol. The maximum Gasteiger partial charge on any atom is 0.227 e. The highest BCUT2D eigenvalue weighted by Crippen LogP contribution is 2.37.